The molecule has 0 radical (unpaired) electrons. The third-order valence-corrected chi connectivity index (χ3v) is 5.98. The van der Waals surface area contributed by atoms with Crippen LogP contribution in [0, 0.1) is 24.0 Å². The number of non-ortho nitro benzene ring substituents is 1. The Labute approximate surface area is 193 Å². The van der Waals surface area contributed by atoms with Crippen molar-refractivity contribution < 1.29 is 24.0 Å². The van der Waals surface area contributed by atoms with Crippen LogP contribution in [0.25, 0.3) is 0 Å². The van der Waals surface area contributed by atoms with Crippen molar-refractivity contribution in [1.29, 1.82) is 0 Å². The Kier molecular flexibility index (Phi) is 7.19. The molecular weight excluding hydrogens is 446 g/mol. The van der Waals surface area contributed by atoms with Crippen LogP contribution < -0.4 is 10.6 Å². The molecule has 10 heteroatoms. The molecule has 2 aromatic carbocycles. The first-order chi connectivity index (χ1) is 15.7. The van der Waals surface area contributed by atoms with E-state index in [0.717, 1.165) is 23.0 Å². The average Bonchev–Trinajstić information content (AvgIpc) is 3.11. The van der Waals surface area contributed by atoms with E-state index in [1.54, 1.807) is 26.0 Å². The number of rotatable bonds is 7. The number of carbonyl (C=O) groups excluding carboxylic acids is 3. The van der Waals surface area contributed by atoms with Gasteiger partial charge < -0.3 is 15.4 Å². The minimum absolute atomic E-state index is 0.0379. The summed E-state index contributed by atoms with van der Waals surface area (Å²) in [7, 11) is 0. The van der Waals surface area contributed by atoms with Crippen LogP contribution in [0.3, 0.4) is 0 Å². The number of benzene rings is 2. The first-order valence-corrected chi connectivity index (χ1v) is 10.8. The largest absolute Gasteiger partial charge is 0.462 e. The van der Waals surface area contributed by atoms with Gasteiger partial charge in [-0.2, -0.15) is 0 Å². The van der Waals surface area contributed by atoms with Crippen molar-refractivity contribution in [1.82, 2.24) is 0 Å². The van der Waals surface area contributed by atoms with Crippen molar-refractivity contribution in [2.24, 2.45) is 0 Å². The van der Waals surface area contributed by atoms with E-state index in [4.69, 9.17) is 4.74 Å². The van der Waals surface area contributed by atoms with E-state index < -0.39 is 22.7 Å². The third kappa shape index (κ3) is 5.24. The molecule has 0 fully saturated rings. The Morgan fingerprint density at radius 2 is 1.76 bits per heavy atom. The number of nitrogens with one attached hydrogen (secondary N) is 2. The second-order valence-electron chi connectivity index (χ2n) is 7.01. The molecule has 170 valence electrons. The van der Waals surface area contributed by atoms with Crippen LogP contribution in [0.15, 0.2) is 48.5 Å². The summed E-state index contributed by atoms with van der Waals surface area (Å²) in [5.41, 5.74) is 1.71. The number of anilines is 2. The van der Waals surface area contributed by atoms with E-state index in [0.29, 0.717) is 11.3 Å². The first-order valence-electron chi connectivity index (χ1n) is 9.96. The lowest BCUT2D eigenvalue weighted by molar-refractivity contribution is -0.384. The molecule has 0 bridgehead atoms. The Morgan fingerprint density at radius 3 is 2.42 bits per heavy atom. The Bertz CT molecular complexity index is 1250. The lowest BCUT2D eigenvalue weighted by Gasteiger charge is -2.08. The van der Waals surface area contributed by atoms with Gasteiger partial charge in [0.2, 0.25) is 0 Å². The molecule has 0 saturated carbocycles. The highest BCUT2D eigenvalue weighted by Crippen LogP contribution is 2.35. The van der Waals surface area contributed by atoms with E-state index in [1.807, 2.05) is 19.1 Å². The number of amides is 2. The Morgan fingerprint density at radius 1 is 1.03 bits per heavy atom. The minimum Gasteiger partial charge on any atom is -0.462 e. The van der Waals surface area contributed by atoms with Gasteiger partial charge in [0.1, 0.15) is 5.00 Å². The number of aryl methyl sites for hydroxylation is 1. The van der Waals surface area contributed by atoms with Gasteiger partial charge in [-0.1, -0.05) is 24.3 Å². The van der Waals surface area contributed by atoms with E-state index >= 15 is 0 Å². The summed E-state index contributed by atoms with van der Waals surface area (Å²) in [5.74, 6) is -1.78. The van der Waals surface area contributed by atoms with Gasteiger partial charge in [0.25, 0.3) is 17.5 Å². The number of nitro groups is 1. The predicted molar refractivity (Wildman–Crippen MR) is 125 cm³/mol. The van der Waals surface area contributed by atoms with Crippen LogP contribution in [0.2, 0.25) is 0 Å². The second-order valence-corrected chi connectivity index (χ2v) is 8.03. The number of nitrogens with zero attached hydrogens (tertiary/aromatic N) is 1. The Hall–Kier alpha value is -4.05. The first kappa shape index (κ1) is 23.6. The van der Waals surface area contributed by atoms with E-state index in [2.05, 4.69) is 10.6 Å². The molecule has 33 heavy (non-hydrogen) atoms. The SMILES string of the molecule is CCOC(=O)c1c(NC(=O)c2cccc([N+](=O)[O-])c2)sc(C(=O)Nc2ccccc2C)c1C. The Balaban J connectivity index is 1.96. The number of para-hydroxylation sites is 1. The van der Waals surface area contributed by atoms with E-state index in [-0.39, 0.29) is 33.3 Å². The molecule has 0 aliphatic heterocycles. The molecule has 0 saturated heterocycles. The summed E-state index contributed by atoms with van der Waals surface area (Å²) in [6.07, 6.45) is 0. The number of hydrogen-bond acceptors (Lipinski definition) is 7. The standard InChI is InChI=1S/C23H21N3O6S/c1-4-32-23(29)18-14(3)19(21(28)24-17-11-6-5-8-13(17)2)33-22(18)25-20(27)15-9-7-10-16(12-15)26(30)31/h5-12H,4H2,1-3H3,(H,24,28)(H,25,27). The maximum absolute atomic E-state index is 13.0. The van der Waals surface area contributed by atoms with Gasteiger partial charge in [0.15, 0.2) is 0 Å². The monoisotopic (exact) mass is 467 g/mol. The lowest BCUT2D eigenvalue weighted by Crippen LogP contribution is -2.15. The van der Waals surface area contributed by atoms with Crippen LogP contribution in [0.1, 0.15) is 48.4 Å². The smallest absolute Gasteiger partial charge is 0.341 e. The van der Waals surface area contributed by atoms with Gasteiger partial charge in [-0.05, 0) is 44.0 Å². The summed E-state index contributed by atoms with van der Waals surface area (Å²) in [5, 5.41) is 16.6. The minimum atomic E-state index is -0.685. The van der Waals surface area contributed by atoms with E-state index in [1.165, 1.54) is 18.2 Å². The van der Waals surface area contributed by atoms with Crippen LogP contribution in [0.4, 0.5) is 16.4 Å². The van der Waals surface area contributed by atoms with Gasteiger partial charge in [-0.3, -0.25) is 19.7 Å². The zero-order valence-electron chi connectivity index (χ0n) is 18.1. The van der Waals surface area contributed by atoms with Crippen molar-refractivity contribution in [3.63, 3.8) is 0 Å². The van der Waals surface area contributed by atoms with Crippen LogP contribution in [0.5, 0.6) is 0 Å². The van der Waals surface area contributed by atoms with Gasteiger partial charge in [0.05, 0.1) is 22.0 Å². The zero-order valence-corrected chi connectivity index (χ0v) is 18.9. The number of hydrogen-bond donors (Lipinski definition) is 2. The van der Waals surface area contributed by atoms with Gasteiger partial charge in [0, 0.05) is 23.4 Å². The number of thiophene rings is 1. The topological polar surface area (TPSA) is 128 Å². The molecule has 0 unspecified atom stereocenters. The molecule has 3 aromatic rings. The van der Waals surface area contributed by atoms with Gasteiger partial charge >= 0.3 is 5.97 Å². The number of esters is 1. The van der Waals surface area contributed by atoms with Crippen molar-refractivity contribution in [2.45, 2.75) is 20.8 Å². The number of nitro benzene ring substituents is 1. The van der Waals surface area contributed by atoms with Crippen molar-refractivity contribution >= 4 is 45.5 Å². The molecule has 0 spiro atoms. The lowest BCUT2D eigenvalue weighted by atomic mass is 10.1. The van der Waals surface area contributed by atoms with Gasteiger partial charge in [-0.15, -0.1) is 11.3 Å². The quantitative estimate of drug-likeness (QED) is 0.287. The highest BCUT2D eigenvalue weighted by atomic mass is 32.1. The maximum atomic E-state index is 13.0. The van der Waals surface area contributed by atoms with Crippen LogP contribution in [-0.2, 0) is 4.74 Å². The average molecular weight is 468 g/mol. The van der Waals surface area contributed by atoms with Crippen molar-refractivity contribution in [2.75, 3.05) is 17.2 Å². The molecule has 0 atom stereocenters. The molecule has 0 aliphatic carbocycles. The van der Waals surface area contributed by atoms with Crippen molar-refractivity contribution in [3.8, 4) is 0 Å². The summed E-state index contributed by atoms with van der Waals surface area (Å²) < 4.78 is 5.11. The summed E-state index contributed by atoms with van der Waals surface area (Å²) in [6.45, 7) is 5.20. The maximum Gasteiger partial charge on any atom is 0.341 e. The predicted octanol–water partition coefficient (Wildman–Crippen LogP) is 4.95. The summed E-state index contributed by atoms with van der Waals surface area (Å²) in [4.78, 5) is 49.0. The molecule has 1 heterocycles. The molecule has 9 nitrogen and oxygen atoms in total. The highest BCUT2D eigenvalue weighted by Gasteiger charge is 2.27. The molecule has 2 N–H and O–H groups in total. The fourth-order valence-corrected chi connectivity index (χ4v) is 4.18. The highest BCUT2D eigenvalue weighted by molar-refractivity contribution is 7.19. The molecule has 0 aliphatic rings. The second kappa shape index (κ2) is 10.0. The van der Waals surface area contributed by atoms with Gasteiger partial charge in [-0.25, -0.2) is 4.79 Å². The third-order valence-electron chi connectivity index (χ3n) is 4.77. The summed E-state index contributed by atoms with van der Waals surface area (Å²) >= 11 is 0.928. The van der Waals surface area contributed by atoms with Crippen molar-refractivity contribution in [3.05, 3.63) is 85.8 Å². The molecular formula is C23H21N3O6S. The normalized spacial score (nSPS) is 10.4. The molecule has 3 rings (SSSR count). The van der Waals surface area contributed by atoms with E-state index in [9.17, 15) is 24.5 Å². The zero-order chi connectivity index (χ0) is 24.1. The summed E-state index contributed by atoms with van der Waals surface area (Å²) in [6, 6.07) is 12.5. The molecule has 2 amide bonds. The number of carbonyl (C=O) groups is 3. The van der Waals surface area contributed by atoms with Crippen LogP contribution >= 0.6 is 11.3 Å². The fourth-order valence-electron chi connectivity index (χ4n) is 3.10. The fraction of sp³-hybridized carbons (Fsp3) is 0.174. The molecule has 1 aromatic heterocycles. The van der Waals surface area contributed by atoms with Crippen LogP contribution in [-0.4, -0.2) is 29.3 Å². The number of ether oxygens (including phenoxy) is 1.